The van der Waals surface area contributed by atoms with E-state index in [1.54, 1.807) is 18.2 Å². The smallest absolute Gasteiger partial charge is 0.328 e. The van der Waals surface area contributed by atoms with Gasteiger partial charge in [-0.15, -0.1) is 0 Å². The normalized spacial score (nSPS) is 11.8. The van der Waals surface area contributed by atoms with Crippen LogP contribution in [-0.2, 0) is 4.79 Å². The number of hydrogen-bond acceptors (Lipinski definition) is 2. The minimum atomic E-state index is -1.01. The van der Waals surface area contributed by atoms with Gasteiger partial charge in [0.05, 0.1) is 5.02 Å². The minimum absolute atomic E-state index is 0.355. The van der Waals surface area contributed by atoms with Crippen molar-refractivity contribution in [3.63, 3.8) is 0 Å². The van der Waals surface area contributed by atoms with Crippen molar-refractivity contribution in [3.8, 4) is 5.75 Å². The average molecular weight is 287 g/mol. The van der Waals surface area contributed by atoms with Crippen LogP contribution in [0.5, 0.6) is 5.75 Å². The molecule has 0 atom stereocenters. The van der Waals surface area contributed by atoms with Gasteiger partial charge in [0.1, 0.15) is 12.4 Å². The molecule has 1 aromatic carbocycles. The van der Waals surface area contributed by atoms with E-state index in [2.05, 4.69) is 0 Å². The molecule has 0 fully saturated rings. The van der Waals surface area contributed by atoms with Crippen molar-refractivity contribution in [1.82, 2.24) is 0 Å². The number of carbonyl (C=O) groups is 1. The Kier molecular flexibility index (Phi) is 5.75. The molecule has 0 aliphatic rings. The number of carboxylic acid groups (broad SMARTS) is 1. The van der Waals surface area contributed by atoms with Gasteiger partial charge >= 0.3 is 5.97 Å². The lowest BCUT2D eigenvalue weighted by Crippen LogP contribution is -1.98. The van der Waals surface area contributed by atoms with Gasteiger partial charge in [-0.25, -0.2) is 4.79 Å². The van der Waals surface area contributed by atoms with Gasteiger partial charge in [-0.3, -0.25) is 0 Å². The molecular formula is C13H12Cl2O3. The number of benzene rings is 1. The quantitative estimate of drug-likeness (QED) is 0.834. The zero-order valence-electron chi connectivity index (χ0n) is 9.69. The Labute approximate surface area is 115 Å². The van der Waals surface area contributed by atoms with Crippen LogP contribution in [0.1, 0.15) is 12.5 Å². The zero-order valence-corrected chi connectivity index (χ0v) is 11.2. The zero-order chi connectivity index (χ0) is 13.5. The van der Waals surface area contributed by atoms with E-state index in [1.807, 2.05) is 6.92 Å². The van der Waals surface area contributed by atoms with Crippen LogP contribution in [0.4, 0.5) is 0 Å². The van der Waals surface area contributed by atoms with E-state index in [0.29, 0.717) is 22.9 Å². The minimum Gasteiger partial charge on any atom is -0.488 e. The highest BCUT2D eigenvalue weighted by molar-refractivity contribution is 6.32. The molecule has 3 nitrogen and oxygen atoms in total. The average Bonchev–Trinajstić information content (AvgIpc) is 2.34. The SMILES string of the molecule is C/C(=C/Cl)COc1ccc(/C=C/C(=O)O)cc1Cl. The first kappa shape index (κ1) is 14.6. The van der Waals surface area contributed by atoms with Gasteiger partial charge in [0, 0.05) is 11.6 Å². The summed E-state index contributed by atoms with van der Waals surface area (Å²) in [5, 5.41) is 8.93. The molecule has 0 aliphatic heterocycles. The van der Waals surface area contributed by atoms with E-state index in [4.69, 9.17) is 33.0 Å². The van der Waals surface area contributed by atoms with E-state index >= 15 is 0 Å². The Morgan fingerprint density at radius 1 is 1.50 bits per heavy atom. The number of carboxylic acids is 1. The first-order valence-electron chi connectivity index (χ1n) is 5.12. The monoisotopic (exact) mass is 286 g/mol. The molecule has 0 spiro atoms. The fourth-order valence-electron chi connectivity index (χ4n) is 1.13. The Hall–Kier alpha value is -1.45. The predicted molar refractivity (Wildman–Crippen MR) is 73.2 cm³/mol. The molecule has 0 heterocycles. The second-order valence-electron chi connectivity index (χ2n) is 3.61. The summed E-state index contributed by atoms with van der Waals surface area (Å²) in [5.41, 5.74) is 3.01. The van der Waals surface area contributed by atoms with Crippen molar-refractivity contribution < 1.29 is 14.6 Å². The van der Waals surface area contributed by atoms with Crippen LogP contribution in [-0.4, -0.2) is 17.7 Å². The summed E-state index contributed by atoms with van der Waals surface area (Å²) in [7, 11) is 0. The second-order valence-corrected chi connectivity index (χ2v) is 4.23. The summed E-state index contributed by atoms with van der Waals surface area (Å²) in [5.74, 6) is -0.476. The summed E-state index contributed by atoms with van der Waals surface area (Å²) in [6.07, 6.45) is 2.51. The topological polar surface area (TPSA) is 46.5 Å². The lowest BCUT2D eigenvalue weighted by molar-refractivity contribution is -0.131. The van der Waals surface area contributed by atoms with Crippen molar-refractivity contribution in [1.29, 1.82) is 0 Å². The van der Waals surface area contributed by atoms with Crippen LogP contribution in [0.2, 0.25) is 5.02 Å². The lowest BCUT2D eigenvalue weighted by Gasteiger charge is -2.08. The van der Waals surface area contributed by atoms with Crippen molar-refractivity contribution in [3.05, 3.63) is 46.0 Å². The number of hydrogen-bond donors (Lipinski definition) is 1. The molecule has 1 rings (SSSR count). The molecule has 0 aliphatic carbocycles. The van der Waals surface area contributed by atoms with E-state index < -0.39 is 5.97 Å². The highest BCUT2D eigenvalue weighted by Crippen LogP contribution is 2.26. The van der Waals surface area contributed by atoms with Gasteiger partial charge in [-0.1, -0.05) is 29.3 Å². The van der Waals surface area contributed by atoms with Gasteiger partial charge in [0.25, 0.3) is 0 Å². The van der Waals surface area contributed by atoms with Crippen molar-refractivity contribution >= 4 is 35.2 Å². The fraction of sp³-hybridized carbons (Fsp3) is 0.154. The lowest BCUT2D eigenvalue weighted by atomic mass is 10.2. The van der Waals surface area contributed by atoms with Crippen LogP contribution in [0.3, 0.4) is 0 Å². The van der Waals surface area contributed by atoms with Gasteiger partial charge < -0.3 is 9.84 Å². The molecule has 5 heteroatoms. The van der Waals surface area contributed by atoms with Crippen molar-refractivity contribution in [2.75, 3.05) is 6.61 Å². The number of halogens is 2. The first-order valence-corrected chi connectivity index (χ1v) is 5.93. The Balaban J connectivity index is 2.76. The van der Waals surface area contributed by atoms with E-state index in [-0.39, 0.29) is 0 Å². The molecule has 0 saturated heterocycles. The predicted octanol–water partition coefficient (Wildman–Crippen LogP) is 3.96. The van der Waals surface area contributed by atoms with Gasteiger partial charge in [-0.05, 0) is 36.3 Å². The molecule has 96 valence electrons. The summed E-state index contributed by atoms with van der Waals surface area (Å²) < 4.78 is 5.44. The maximum atomic E-state index is 10.4. The molecule has 1 N–H and O–H groups in total. The van der Waals surface area contributed by atoms with Crippen molar-refractivity contribution in [2.24, 2.45) is 0 Å². The number of ether oxygens (including phenoxy) is 1. The number of rotatable bonds is 5. The second kappa shape index (κ2) is 7.09. The third-order valence-electron chi connectivity index (χ3n) is 2.02. The molecule has 0 radical (unpaired) electrons. The molecular weight excluding hydrogens is 275 g/mol. The van der Waals surface area contributed by atoms with E-state index in [1.165, 1.54) is 11.6 Å². The van der Waals surface area contributed by atoms with Crippen LogP contribution in [0.25, 0.3) is 6.08 Å². The Morgan fingerprint density at radius 2 is 2.22 bits per heavy atom. The molecule has 18 heavy (non-hydrogen) atoms. The van der Waals surface area contributed by atoms with Gasteiger partial charge in [-0.2, -0.15) is 0 Å². The Bertz CT molecular complexity index is 493. The van der Waals surface area contributed by atoms with E-state index in [0.717, 1.165) is 11.6 Å². The van der Waals surface area contributed by atoms with Crippen molar-refractivity contribution in [2.45, 2.75) is 6.92 Å². The summed E-state index contributed by atoms with van der Waals surface area (Å²) >= 11 is 11.5. The largest absolute Gasteiger partial charge is 0.488 e. The van der Waals surface area contributed by atoms with Gasteiger partial charge in [0.2, 0.25) is 0 Å². The molecule has 0 amide bonds. The van der Waals surface area contributed by atoms with Crippen LogP contribution >= 0.6 is 23.2 Å². The summed E-state index contributed by atoms with van der Waals surface area (Å²) in [6, 6.07) is 5.04. The third kappa shape index (κ3) is 4.82. The summed E-state index contributed by atoms with van der Waals surface area (Å²) in [6.45, 7) is 2.19. The summed E-state index contributed by atoms with van der Waals surface area (Å²) in [4.78, 5) is 10.4. The fourth-order valence-corrected chi connectivity index (χ4v) is 1.43. The van der Waals surface area contributed by atoms with Crippen LogP contribution in [0.15, 0.2) is 35.4 Å². The third-order valence-corrected chi connectivity index (χ3v) is 2.68. The standard InChI is InChI=1S/C13H12Cl2O3/c1-9(7-14)8-18-12-4-2-10(6-11(12)15)3-5-13(16)17/h2-7H,8H2,1H3,(H,16,17)/b5-3+,9-7-. The molecule has 0 saturated carbocycles. The van der Waals surface area contributed by atoms with Gasteiger partial charge in [0.15, 0.2) is 0 Å². The first-order chi connectivity index (χ1) is 8.52. The molecule has 0 aromatic heterocycles. The maximum Gasteiger partial charge on any atom is 0.328 e. The number of aliphatic carboxylic acids is 1. The maximum absolute atomic E-state index is 10.4. The molecule has 1 aromatic rings. The van der Waals surface area contributed by atoms with Crippen LogP contribution in [0, 0.1) is 0 Å². The Morgan fingerprint density at radius 3 is 2.78 bits per heavy atom. The molecule has 0 unspecified atom stereocenters. The molecule has 0 bridgehead atoms. The highest BCUT2D eigenvalue weighted by atomic mass is 35.5. The van der Waals surface area contributed by atoms with E-state index in [9.17, 15) is 4.79 Å². The highest BCUT2D eigenvalue weighted by Gasteiger charge is 2.02. The van der Waals surface area contributed by atoms with Crippen LogP contribution < -0.4 is 4.74 Å².